The fraction of sp³-hybridized carbons (Fsp3) is 0.900. The fourth-order valence-corrected chi connectivity index (χ4v) is 1.81. The van der Waals surface area contributed by atoms with Gasteiger partial charge < -0.3 is 4.90 Å². The van der Waals surface area contributed by atoms with E-state index in [4.69, 9.17) is 5.26 Å². The Bertz CT molecular complexity index is 183. The molecule has 2 heteroatoms. The van der Waals surface area contributed by atoms with Crippen LogP contribution >= 0.6 is 0 Å². The van der Waals surface area contributed by atoms with E-state index >= 15 is 0 Å². The maximum absolute atomic E-state index is 8.44. The normalized spacial score (nSPS) is 30.4. The van der Waals surface area contributed by atoms with E-state index in [0.717, 1.165) is 6.54 Å². The standard InChI is InChI=1S/C10H18N2/c1-3-10(2)5-8-12(9-10)7-4-6-11/h3-5,7-9H2,1-2H3. The largest absolute Gasteiger partial charge is 0.302 e. The number of likely N-dealkylation sites (tertiary alicyclic amines) is 1. The highest BCUT2D eigenvalue weighted by atomic mass is 15.1. The van der Waals surface area contributed by atoms with E-state index in [1.54, 1.807) is 0 Å². The van der Waals surface area contributed by atoms with Crippen molar-refractivity contribution in [1.29, 1.82) is 5.26 Å². The zero-order valence-corrected chi connectivity index (χ0v) is 8.14. The molecule has 0 bridgehead atoms. The topological polar surface area (TPSA) is 27.0 Å². The molecule has 0 aromatic carbocycles. The van der Waals surface area contributed by atoms with Gasteiger partial charge in [-0.15, -0.1) is 0 Å². The molecule has 0 radical (unpaired) electrons. The Hall–Kier alpha value is -0.550. The van der Waals surface area contributed by atoms with Gasteiger partial charge in [0.15, 0.2) is 0 Å². The summed E-state index contributed by atoms with van der Waals surface area (Å²) in [5.74, 6) is 0. The Morgan fingerprint density at radius 3 is 2.83 bits per heavy atom. The smallest absolute Gasteiger partial charge is 0.0635 e. The fourth-order valence-electron chi connectivity index (χ4n) is 1.81. The Morgan fingerprint density at radius 2 is 2.33 bits per heavy atom. The van der Waals surface area contributed by atoms with Crippen LogP contribution in [-0.4, -0.2) is 24.5 Å². The summed E-state index contributed by atoms with van der Waals surface area (Å²) < 4.78 is 0. The molecule has 1 heterocycles. The summed E-state index contributed by atoms with van der Waals surface area (Å²) in [6.45, 7) is 7.94. The molecule has 1 rings (SSSR count). The molecule has 1 aliphatic heterocycles. The SMILES string of the molecule is CCC1(C)CCN(CCC#N)C1. The average Bonchev–Trinajstić information content (AvgIpc) is 2.45. The van der Waals surface area contributed by atoms with Crippen LogP contribution in [0.4, 0.5) is 0 Å². The summed E-state index contributed by atoms with van der Waals surface area (Å²) in [5.41, 5.74) is 0.523. The van der Waals surface area contributed by atoms with Crippen LogP contribution in [0.15, 0.2) is 0 Å². The molecule has 0 aromatic heterocycles. The van der Waals surface area contributed by atoms with Crippen LogP contribution < -0.4 is 0 Å². The zero-order valence-electron chi connectivity index (χ0n) is 8.14. The third-order valence-electron chi connectivity index (χ3n) is 3.03. The zero-order chi connectivity index (χ0) is 9.03. The second-order valence-corrected chi connectivity index (χ2v) is 4.10. The molecule has 0 amide bonds. The van der Waals surface area contributed by atoms with Crippen LogP contribution in [0.1, 0.15) is 33.1 Å². The highest BCUT2D eigenvalue weighted by Gasteiger charge is 2.31. The molecule has 1 saturated heterocycles. The molecule has 1 aliphatic rings. The predicted octanol–water partition coefficient (Wildman–Crippen LogP) is 2.02. The van der Waals surface area contributed by atoms with Crippen LogP contribution in [0.2, 0.25) is 0 Å². The van der Waals surface area contributed by atoms with E-state index in [1.807, 2.05) is 0 Å². The first-order chi connectivity index (χ1) is 5.70. The summed E-state index contributed by atoms with van der Waals surface area (Å²) in [6.07, 6.45) is 3.24. The highest BCUT2D eigenvalue weighted by molar-refractivity contribution is 4.86. The van der Waals surface area contributed by atoms with E-state index in [1.165, 1.54) is 25.9 Å². The molecule has 2 nitrogen and oxygen atoms in total. The van der Waals surface area contributed by atoms with Gasteiger partial charge in [-0.3, -0.25) is 0 Å². The molecular weight excluding hydrogens is 148 g/mol. The van der Waals surface area contributed by atoms with Crippen LogP contribution in [-0.2, 0) is 0 Å². The maximum Gasteiger partial charge on any atom is 0.0635 e. The summed E-state index contributed by atoms with van der Waals surface area (Å²) in [5, 5.41) is 8.44. The van der Waals surface area contributed by atoms with Gasteiger partial charge in [0.1, 0.15) is 0 Å². The minimum absolute atomic E-state index is 0.523. The van der Waals surface area contributed by atoms with Crippen LogP contribution in [0.25, 0.3) is 0 Å². The Balaban J connectivity index is 2.31. The van der Waals surface area contributed by atoms with E-state index in [0.29, 0.717) is 11.8 Å². The average molecular weight is 166 g/mol. The molecule has 68 valence electrons. The first-order valence-corrected chi connectivity index (χ1v) is 4.79. The van der Waals surface area contributed by atoms with Gasteiger partial charge in [-0.1, -0.05) is 13.8 Å². The van der Waals surface area contributed by atoms with Crippen molar-refractivity contribution in [2.24, 2.45) is 5.41 Å². The lowest BCUT2D eigenvalue weighted by Gasteiger charge is -2.22. The predicted molar refractivity (Wildman–Crippen MR) is 49.7 cm³/mol. The van der Waals surface area contributed by atoms with Gasteiger partial charge in [-0.25, -0.2) is 0 Å². The first kappa shape index (κ1) is 9.54. The molecule has 0 spiro atoms. The summed E-state index contributed by atoms with van der Waals surface area (Å²) in [4.78, 5) is 2.41. The third-order valence-corrected chi connectivity index (χ3v) is 3.03. The second kappa shape index (κ2) is 3.91. The number of nitriles is 1. The number of nitrogens with zero attached hydrogens (tertiary/aromatic N) is 2. The number of hydrogen-bond acceptors (Lipinski definition) is 2. The number of hydrogen-bond donors (Lipinski definition) is 0. The van der Waals surface area contributed by atoms with E-state index < -0.39 is 0 Å². The van der Waals surface area contributed by atoms with Gasteiger partial charge >= 0.3 is 0 Å². The quantitative estimate of drug-likeness (QED) is 0.641. The van der Waals surface area contributed by atoms with Crippen LogP contribution in [0, 0.1) is 16.7 Å². The van der Waals surface area contributed by atoms with Crippen LogP contribution in [0.5, 0.6) is 0 Å². The molecule has 0 aromatic rings. The van der Waals surface area contributed by atoms with Crippen molar-refractivity contribution in [3.05, 3.63) is 0 Å². The minimum atomic E-state index is 0.523. The van der Waals surface area contributed by atoms with E-state index in [2.05, 4.69) is 24.8 Å². The van der Waals surface area contributed by atoms with Crippen LogP contribution in [0.3, 0.4) is 0 Å². The monoisotopic (exact) mass is 166 g/mol. The van der Waals surface area contributed by atoms with Gasteiger partial charge in [-0.05, 0) is 24.8 Å². The van der Waals surface area contributed by atoms with Crippen molar-refractivity contribution in [1.82, 2.24) is 4.90 Å². The van der Waals surface area contributed by atoms with Gasteiger partial charge in [0.2, 0.25) is 0 Å². The van der Waals surface area contributed by atoms with Crippen molar-refractivity contribution >= 4 is 0 Å². The molecule has 1 fully saturated rings. The molecule has 0 saturated carbocycles. The lowest BCUT2D eigenvalue weighted by Crippen LogP contribution is -2.25. The maximum atomic E-state index is 8.44. The van der Waals surface area contributed by atoms with Gasteiger partial charge in [-0.2, -0.15) is 5.26 Å². The molecular formula is C10H18N2. The summed E-state index contributed by atoms with van der Waals surface area (Å²) in [7, 11) is 0. The minimum Gasteiger partial charge on any atom is -0.302 e. The number of rotatable bonds is 3. The Labute approximate surface area is 75.2 Å². The van der Waals surface area contributed by atoms with Crippen molar-refractivity contribution < 1.29 is 0 Å². The van der Waals surface area contributed by atoms with Gasteiger partial charge in [0, 0.05) is 19.5 Å². The Morgan fingerprint density at radius 1 is 1.58 bits per heavy atom. The first-order valence-electron chi connectivity index (χ1n) is 4.79. The summed E-state index contributed by atoms with van der Waals surface area (Å²) >= 11 is 0. The van der Waals surface area contributed by atoms with Gasteiger partial charge in [0.05, 0.1) is 6.07 Å². The van der Waals surface area contributed by atoms with E-state index in [9.17, 15) is 0 Å². The summed E-state index contributed by atoms with van der Waals surface area (Å²) in [6, 6.07) is 2.20. The molecule has 0 N–H and O–H groups in total. The highest BCUT2D eigenvalue weighted by Crippen LogP contribution is 2.32. The Kier molecular flexibility index (Phi) is 3.11. The lowest BCUT2D eigenvalue weighted by atomic mass is 9.87. The van der Waals surface area contributed by atoms with Crippen molar-refractivity contribution in [2.45, 2.75) is 33.1 Å². The third kappa shape index (κ3) is 2.22. The second-order valence-electron chi connectivity index (χ2n) is 4.10. The molecule has 0 aliphatic carbocycles. The van der Waals surface area contributed by atoms with E-state index in [-0.39, 0.29) is 0 Å². The molecule has 12 heavy (non-hydrogen) atoms. The molecule has 1 unspecified atom stereocenters. The van der Waals surface area contributed by atoms with Gasteiger partial charge in [0.25, 0.3) is 0 Å². The molecule has 1 atom stereocenters. The van der Waals surface area contributed by atoms with Crippen molar-refractivity contribution in [3.8, 4) is 6.07 Å². The lowest BCUT2D eigenvalue weighted by molar-refractivity contribution is 0.272. The van der Waals surface area contributed by atoms with Crippen molar-refractivity contribution in [2.75, 3.05) is 19.6 Å². The van der Waals surface area contributed by atoms with Crippen molar-refractivity contribution in [3.63, 3.8) is 0 Å².